The van der Waals surface area contributed by atoms with Gasteiger partial charge in [0.2, 0.25) is 5.91 Å². The second-order valence-corrected chi connectivity index (χ2v) is 7.16. The average molecular weight is 276 g/mol. The number of carbonyl (C=O) groups excluding carboxylic acids is 1. The van der Waals surface area contributed by atoms with Gasteiger partial charge in [0.15, 0.2) is 0 Å². The highest BCUT2D eigenvalue weighted by molar-refractivity contribution is 7.10. The van der Waals surface area contributed by atoms with Crippen LogP contribution < -0.4 is 5.32 Å². The zero-order chi connectivity index (χ0) is 12.8. The van der Waals surface area contributed by atoms with Crippen molar-refractivity contribution in [1.29, 1.82) is 0 Å². The third-order valence-corrected chi connectivity index (χ3v) is 5.68. The summed E-state index contributed by atoms with van der Waals surface area (Å²) in [6.07, 6.45) is 5.69. The molecule has 1 aromatic rings. The van der Waals surface area contributed by atoms with E-state index in [2.05, 4.69) is 27.7 Å². The molecule has 1 atom stereocenters. The van der Waals surface area contributed by atoms with Crippen molar-refractivity contribution in [3.8, 4) is 0 Å². The summed E-state index contributed by atoms with van der Waals surface area (Å²) in [5.74, 6) is 2.87. The Balaban J connectivity index is 1.52. The summed E-state index contributed by atoms with van der Waals surface area (Å²) in [5, 5.41) is 5.46. The van der Waals surface area contributed by atoms with Gasteiger partial charge in [0.1, 0.15) is 6.17 Å². The minimum atomic E-state index is 0.132. The van der Waals surface area contributed by atoms with Crippen LogP contribution in [0, 0.1) is 17.8 Å². The molecule has 2 heterocycles. The molecule has 19 heavy (non-hydrogen) atoms. The number of rotatable bonds is 5. The fourth-order valence-electron chi connectivity index (χ4n) is 3.41. The van der Waals surface area contributed by atoms with Crippen LogP contribution in [0.3, 0.4) is 0 Å². The lowest BCUT2D eigenvalue weighted by molar-refractivity contribution is -0.128. The van der Waals surface area contributed by atoms with Crippen LogP contribution in [0.4, 0.5) is 0 Å². The van der Waals surface area contributed by atoms with Gasteiger partial charge in [0, 0.05) is 11.4 Å². The molecule has 0 aromatic carbocycles. The number of carbonyl (C=O) groups is 1. The molecule has 3 nitrogen and oxygen atoms in total. The quantitative estimate of drug-likeness (QED) is 0.896. The SMILES string of the molecule is O=C1CNC(c2cccs2)N1CC(C1CC1)C1CC1. The molecule has 2 saturated carbocycles. The molecule has 3 fully saturated rings. The van der Waals surface area contributed by atoms with Crippen molar-refractivity contribution in [2.45, 2.75) is 31.8 Å². The van der Waals surface area contributed by atoms with E-state index >= 15 is 0 Å². The van der Waals surface area contributed by atoms with E-state index in [-0.39, 0.29) is 12.1 Å². The molecule has 1 aromatic heterocycles. The third-order valence-electron chi connectivity index (χ3n) is 4.75. The Morgan fingerprint density at radius 3 is 2.63 bits per heavy atom. The Bertz CT molecular complexity index is 452. The minimum Gasteiger partial charge on any atom is -0.321 e. The van der Waals surface area contributed by atoms with Gasteiger partial charge in [-0.25, -0.2) is 0 Å². The van der Waals surface area contributed by atoms with Crippen molar-refractivity contribution in [3.05, 3.63) is 22.4 Å². The fraction of sp³-hybridized carbons (Fsp3) is 0.667. The largest absolute Gasteiger partial charge is 0.321 e. The summed E-state index contributed by atoms with van der Waals surface area (Å²) >= 11 is 1.74. The second-order valence-electron chi connectivity index (χ2n) is 6.18. The van der Waals surface area contributed by atoms with Gasteiger partial charge in [0.25, 0.3) is 0 Å². The lowest BCUT2D eigenvalue weighted by Crippen LogP contribution is -2.35. The molecule has 102 valence electrons. The number of nitrogens with zero attached hydrogens (tertiary/aromatic N) is 1. The van der Waals surface area contributed by atoms with E-state index < -0.39 is 0 Å². The molecular weight excluding hydrogens is 256 g/mol. The first-order valence-corrected chi connectivity index (χ1v) is 8.27. The molecule has 0 bridgehead atoms. The number of nitrogens with one attached hydrogen (secondary N) is 1. The maximum Gasteiger partial charge on any atom is 0.238 e. The maximum absolute atomic E-state index is 12.2. The van der Waals surface area contributed by atoms with E-state index in [0.29, 0.717) is 6.54 Å². The van der Waals surface area contributed by atoms with Crippen molar-refractivity contribution in [2.75, 3.05) is 13.1 Å². The molecule has 1 unspecified atom stereocenters. The summed E-state index contributed by atoms with van der Waals surface area (Å²) in [6.45, 7) is 1.48. The standard InChI is InChI=1S/C15H20N2OS/c18-14-8-16-15(13-2-1-7-19-13)17(14)9-12(10-3-4-10)11-5-6-11/h1-2,7,10-12,15-16H,3-6,8-9H2. The van der Waals surface area contributed by atoms with Crippen LogP contribution >= 0.6 is 11.3 Å². The first kappa shape index (κ1) is 11.9. The van der Waals surface area contributed by atoms with Gasteiger partial charge in [0.05, 0.1) is 6.54 Å². The fourth-order valence-corrected chi connectivity index (χ4v) is 4.22. The van der Waals surface area contributed by atoms with Gasteiger partial charge in [-0.1, -0.05) is 6.07 Å². The maximum atomic E-state index is 12.2. The lowest BCUT2D eigenvalue weighted by atomic mass is 9.97. The third kappa shape index (κ3) is 2.32. The highest BCUT2D eigenvalue weighted by Gasteiger charge is 2.44. The summed E-state index contributed by atoms with van der Waals surface area (Å²) in [7, 11) is 0. The van der Waals surface area contributed by atoms with Crippen molar-refractivity contribution in [2.24, 2.45) is 17.8 Å². The molecule has 0 radical (unpaired) electrons. The molecular formula is C15H20N2OS. The Hall–Kier alpha value is -0.870. The van der Waals surface area contributed by atoms with Gasteiger partial charge < -0.3 is 4.90 Å². The number of hydrogen-bond donors (Lipinski definition) is 1. The van der Waals surface area contributed by atoms with Crippen LogP contribution in [0.15, 0.2) is 17.5 Å². The van der Waals surface area contributed by atoms with Gasteiger partial charge in [-0.2, -0.15) is 0 Å². The van der Waals surface area contributed by atoms with Crippen molar-refractivity contribution < 1.29 is 4.79 Å². The molecule has 4 rings (SSSR count). The van der Waals surface area contributed by atoms with Gasteiger partial charge in [-0.05, 0) is 54.9 Å². The van der Waals surface area contributed by atoms with Crippen molar-refractivity contribution in [1.82, 2.24) is 10.2 Å². The van der Waals surface area contributed by atoms with Crippen molar-refractivity contribution in [3.63, 3.8) is 0 Å². The van der Waals surface area contributed by atoms with Crippen LogP contribution in [0.1, 0.15) is 36.7 Å². The van der Waals surface area contributed by atoms with Gasteiger partial charge in [-0.15, -0.1) is 11.3 Å². The zero-order valence-corrected chi connectivity index (χ0v) is 11.9. The summed E-state index contributed by atoms with van der Waals surface area (Å²) in [6, 6.07) is 4.21. The Morgan fingerprint density at radius 1 is 1.32 bits per heavy atom. The Labute approximate surface area is 118 Å². The first-order chi connectivity index (χ1) is 9.33. The molecule has 1 amide bonds. The zero-order valence-electron chi connectivity index (χ0n) is 11.0. The van der Waals surface area contributed by atoms with Crippen LogP contribution in [-0.2, 0) is 4.79 Å². The van der Waals surface area contributed by atoms with Crippen LogP contribution in [0.5, 0.6) is 0 Å². The van der Waals surface area contributed by atoms with E-state index in [4.69, 9.17) is 0 Å². The molecule has 3 aliphatic rings. The van der Waals surface area contributed by atoms with Crippen molar-refractivity contribution >= 4 is 17.2 Å². The lowest BCUT2D eigenvalue weighted by Gasteiger charge is -2.28. The Morgan fingerprint density at radius 2 is 2.05 bits per heavy atom. The monoisotopic (exact) mass is 276 g/mol. The smallest absolute Gasteiger partial charge is 0.238 e. The van der Waals surface area contributed by atoms with Gasteiger partial charge >= 0.3 is 0 Å². The van der Waals surface area contributed by atoms with E-state index in [1.165, 1.54) is 30.6 Å². The van der Waals surface area contributed by atoms with Gasteiger partial charge in [-0.3, -0.25) is 10.1 Å². The normalized spacial score (nSPS) is 27.5. The van der Waals surface area contributed by atoms with E-state index in [1.807, 2.05) is 0 Å². The summed E-state index contributed by atoms with van der Waals surface area (Å²) < 4.78 is 0. The van der Waals surface area contributed by atoms with E-state index in [9.17, 15) is 4.79 Å². The topological polar surface area (TPSA) is 32.3 Å². The predicted molar refractivity (Wildman–Crippen MR) is 75.7 cm³/mol. The molecule has 1 aliphatic heterocycles. The molecule has 4 heteroatoms. The minimum absolute atomic E-state index is 0.132. The number of thiophene rings is 1. The van der Waals surface area contributed by atoms with Crippen LogP contribution in [-0.4, -0.2) is 23.9 Å². The van der Waals surface area contributed by atoms with E-state index in [1.54, 1.807) is 11.3 Å². The molecule has 1 saturated heterocycles. The number of hydrogen-bond acceptors (Lipinski definition) is 3. The number of amides is 1. The Kier molecular flexibility index (Phi) is 2.88. The average Bonchev–Trinajstić information content (AvgIpc) is 3.33. The predicted octanol–water partition coefficient (Wildman–Crippen LogP) is 2.61. The second kappa shape index (κ2) is 4.60. The van der Waals surface area contributed by atoms with E-state index in [0.717, 1.165) is 24.3 Å². The highest BCUT2D eigenvalue weighted by atomic mass is 32.1. The molecule has 0 spiro atoms. The van der Waals surface area contributed by atoms with Crippen LogP contribution in [0.25, 0.3) is 0 Å². The van der Waals surface area contributed by atoms with Crippen LogP contribution in [0.2, 0.25) is 0 Å². The summed E-state index contributed by atoms with van der Waals surface area (Å²) in [5.41, 5.74) is 0. The summed E-state index contributed by atoms with van der Waals surface area (Å²) in [4.78, 5) is 15.5. The molecule has 2 aliphatic carbocycles. The first-order valence-electron chi connectivity index (χ1n) is 7.39. The highest BCUT2D eigenvalue weighted by Crippen LogP contribution is 2.50. The molecule has 1 N–H and O–H groups in total.